The molecule has 21 heavy (non-hydrogen) atoms. The van der Waals surface area contributed by atoms with E-state index in [4.69, 9.17) is 4.74 Å². The van der Waals surface area contributed by atoms with Gasteiger partial charge >= 0.3 is 0 Å². The molecule has 2 atom stereocenters. The van der Waals surface area contributed by atoms with Crippen LogP contribution in [0.5, 0.6) is 5.75 Å². The highest BCUT2D eigenvalue weighted by atomic mass is 16.6. The average Bonchev–Trinajstić information content (AvgIpc) is 2.46. The molecule has 5 nitrogen and oxygen atoms in total. The normalized spacial score (nSPS) is 25.3. The third-order valence-corrected chi connectivity index (χ3v) is 4.80. The van der Waals surface area contributed by atoms with E-state index in [0.29, 0.717) is 6.42 Å². The molecule has 114 valence electrons. The van der Waals surface area contributed by atoms with E-state index in [0.717, 1.165) is 42.8 Å². The number of hydrogen-bond acceptors (Lipinski definition) is 4. The second-order valence-corrected chi connectivity index (χ2v) is 6.02. The van der Waals surface area contributed by atoms with Gasteiger partial charge in [-0.25, -0.2) is 0 Å². The summed E-state index contributed by atoms with van der Waals surface area (Å²) in [6.07, 6.45) is 6.06. The Morgan fingerprint density at radius 2 is 2.10 bits per heavy atom. The van der Waals surface area contributed by atoms with Crippen molar-refractivity contribution in [3.05, 3.63) is 33.9 Å². The van der Waals surface area contributed by atoms with Crippen LogP contribution >= 0.6 is 0 Å². The monoisotopic (exact) mass is 290 g/mol. The molecule has 0 saturated carbocycles. The van der Waals surface area contributed by atoms with Crippen molar-refractivity contribution in [1.82, 2.24) is 0 Å². The Bertz CT molecular complexity index is 532. The van der Waals surface area contributed by atoms with Crippen molar-refractivity contribution < 1.29 is 9.66 Å². The molecule has 1 aromatic carbocycles. The molecule has 0 spiro atoms. The number of ether oxygens (including phenoxy) is 1. The number of benzene rings is 1. The van der Waals surface area contributed by atoms with Crippen LogP contribution in [0.4, 0.5) is 5.69 Å². The molecular weight excluding hydrogens is 268 g/mol. The molecule has 0 N–H and O–H groups in total. The number of anilines is 1. The van der Waals surface area contributed by atoms with Gasteiger partial charge in [0.15, 0.2) is 0 Å². The molecule has 2 aliphatic rings. The average molecular weight is 290 g/mol. The van der Waals surface area contributed by atoms with Crippen LogP contribution in [-0.4, -0.2) is 30.7 Å². The molecule has 0 bridgehead atoms. The lowest BCUT2D eigenvalue weighted by molar-refractivity contribution is -0.526. The van der Waals surface area contributed by atoms with Crippen LogP contribution in [0.2, 0.25) is 0 Å². The van der Waals surface area contributed by atoms with E-state index >= 15 is 0 Å². The lowest BCUT2D eigenvalue weighted by Crippen LogP contribution is -2.52. The number of rotatable bonds is 2. The lowest BCUT2D eigenvalue weighted by Gasteiger charge is -2.41. The zero-order chi connectivity index (χ0) is 14.8. The number of fused-ring (bicyclic) bond motifs is 3. The summed E-state index contributed by atoms with van der Waals surface area (Å²) in [5.41, 5.74) is 2.22. The molecule has 2 unspecified atom stereocenters. The highest BCUT2D eigenvalue weighted by Crippen LogP contribution is 2.37. The van der Waals surface area contributed by atoms with Crippen molar-refractivity contribution in [1.29, 1.82) is 0 Å². The molecule has 1 aromatic rings. The molecule has 1 fully saturated rings. The van der Waals surface area contributed by atoms with Crippen molar-refractivity contribution in [3.8, 4) is 5.75 Å². The highest BCUT2D eigenvalue weighted by molar-refractivity contribution is 5.60. The maximum absolute atomic E-state index is 11.5. The summed E-state index contributed by atoms with van der Waals surface area (Å²) in [4.78, 5) is 13.7. The summed E-state index contributed by atoms with van der Waals surface area (Å²) >= 11 is 0. The third kappa shape index (κ3) is 2.69. The second kappa shape index (κ2) is 5.92. The predicted octanol–water partition coefficient (Wildman–Crippen LogP) is 3.04. The van der Waals surface area contributed by atoms with E-state index in [-0.39, 0.29) is 11.0 Å². The van der Waals surface area contributed by atoms with Gasteiger partial charge in [0, 0.05) is 29.6 Å². The summed E-state index contributed by atoms with van der Waals surface area (Å²) in [6, 6.07) is 5.48. The van der Waals surface area contributed by atoms with Crippen molar-refractivity contribution in [2.75, 3.05) is 18.6 Å². The molecule has 0 aliphatic carbocycles. The van der Waals surface area contributed by atoms with E-state index in [2.05, 4.69) is 4.90 Å². The van der Waals surface area contributed by atoms with Gasteiger partial charge in [0.25, 0.3) is 0 Å². The fraction of sp³-hybridized carbons (Fsp3) is 0.625. The molecular formula is C16H22N2O3. The number of methoxy groups -OCH3 is 1. The Labute approximate surface area is 125 Å². The van der Waals surface area contributed by atoms with Crippen LogP contribution in [0.15, 0.2) is 18.2 Å². The Morgan fingerprint density at radius 3 is 2.86 bits per heavy atom. The predicted molar refractivity (Wildman–Crippen MR) is 81.7 cm³/mol. The van der Waals surface area contributed by atoms with E-state index in [1.165, 1.54) is 12.8 Å². The fourth-order valence-electron chi connectivity index (χ4n) is 3.70. The van der Waals surface area contributed by atoms with Crippen LogP contribution in [0.3, 0.4) is 0 Å². The summed E-state index contributed by atoms with van der Waals surface area (Å²) in [5.74, 6) is 0.828. The number of hydrogen-bond donors (Lipinski definition) is 0. The quantitative estimate of drug-likeness (QED) is 0.620. The molecule has 0 amide bonds. The van der Waals surface area contributed by atoms with Gasteiger partial charge in [-0.3, -0.25) is 10.1 Å². The SMILES string of the molecule is COc1ccc2c(c1)N1CCCCCCC1C([N+](=O)[O-])C2. The van der Waals surface area contributed by atoms with Gasteiger partial charge in [0.1, 0.15) is 5.75 Å². The molecule has 3 rings (SSSR count). The van der Waals surface area contributed by atoms with Gasteiger partial charge in [-0.15, -0.1) is 0 Å². The molecule has 2 heterocycles. The zero-order valence-electron chi connectivity index (χ0n) is 12.5. The first kappa shape index (κ1) is 14.2. The van der Waals surface area contributed by atoms with E-state index in [1.807, 2.05) is 18.2 Å². The smallest absolute Gasteiger partial charge is 0.237 e. The van der Waals surface area contributed by atoms with Gasteiger partial charge in [-0.05, 0) is 24.5 Å². The van der Waals surface area contributed by atoms with Crippen LogP contribution in [-0.2, 0) is 6.42 Å². The van der Waals surface area contributed by atoms with Crippen molar-refractivity contribution in [2.24, 2.45) is 0 Å². The molecule has 2 aliphatic heterocycles. The molecule has 0 aromatic heterocycles. The Morgan fingerprint density at radius 1 is 1.29 bits per heavy atom. The minimum absolute atomic E-state index is 0.0277. The fourth-order valence-corrected chi connectivity index (χ4v) is 3.70. The topological polar surface area (TPSA) is 55.6 Å². The van der Waals surface area contributed by atoms with Crippen LogP contribution in [0, 0.1) is 10.1 Å². The Hall–Kier alpha value is -1.78. The van der Waals surface area contributed by atoms with Gasteiger partial charge in [0.05, 0.1) is 13.2 Å². The van der Waals surface area contributed by atoms with Gasteiger partial charge in [0.2, 0.25) is 6.04 Å². The minimum Gasteiger partial charge on any atom is -0.497 e. The van der Waals surface area contributed by atoms with E-state index < -0.39 is 6.04 Å². The van der Waals surface area contributed by atoms with E-state index in [1.54, 1.807) is 7.11 Å². The van der Waals surface area contributed by atoms with Crippen molar-refractivity contribution in [3.63, 3.8) is 0 Å². The van der Waals surface area contributed by atoms with Crippen molar-refractivity contribution >= 4 is 5.69 Å². The Kier molecular flexibility index (Phi) is 3.99. The van der Waals surface area contributed by atoms with Crippen molar-refractivity contribution in [2.45, 2.75) is 50.6 Å². The second-order valence-electron chi connectivity index (χ2n) is 6.02. The standard InChI is InChI=1S/C16H22N2O3/c1-21-13-8-7-12-10-16(18(19)20)14-6-4-2-3-5-9-17(14)15(12)11-13/h7-8,11,14,16H,2-6,9-10H2,1H3. The maximum atomic E-state index is 11.5. The zero-order valence-corrected chi connectivity index (χ0v) is 12.5. The van der Waals surface area contributed by atoms with Gasteiger partial charge < -0.3 is 9.64 Å². The summed E-state index contributed by atoms with van der Waals surface area (Å²) in [7, 11) is 1.66. The third-order valence-electron chi connectivity index (χ3n) is 4.80. The first-order valence-corrected chi connectivity index (χ1v) is 7.78. The molecule has 0 radical (unpaired) electrons. The maximum Gasteiger partial charge on any atom is 0.237 e. The van der Waals surface area contributed by atoms with E-state index in [9.17, 15) is 10.1 Å². The lowest BCUT2D eigenvalue weighted by atomic mass is 9.87. The summed E-state index contributed by atoms with van der Waals surface area (Å²) < 4.78 is 5.33. The van der Waals surface area contributed by atoms with Crippen LogP contribution in [0.1, 0.15) is 37.7 Å². The van der Waals surface area contributed by atoms with Crippen LogP contribution in [0.25, 0.3) is 0 Å². The largest absolute Gasteiger partial charge is 0.497 e. The first-order chi connectivity index (χ1) is 10.2. The summed E-state index contributed by atoms with van der Waals surface area (Å²) in [6.45, 7) is 0.912. The number of nitrogens with zero attached hydrogens (tertiary/aromatic N) is 2. The minimum atomic E-state index is -0.482. The van der Waals surface area contributed by atoms with Crippen LogP contribution < -0.4 is 9.64 Å². The molecule has 1 saturated heterocycles. The summed E-state index contributed by atoms with van der Waals surface area (Å²) in [5, 5.41) is 11.5. The highest BCUT2D eigenvalue weighted by Gasteiger charge is 2.41. The first-order valence-electron chi connectivity index (χ1n) is 7.78. The van der Waals surface area contributed by atoms with Gasteiger partial charge in [-0.2, -0.15) is 0 Å². The van der Waals surface area contributed by atoms with Gasteiger partial charge in [-0.1, -0.05) is 25.3 Å². The number of nitro groups is 1. The molecule has 5 heteroatoms. The Balaban J connectivity index is 2.01.